The average Bonchev–Trinajstić information content (AvgIpc) is 2.83. The van der Waals surface area contributed by atoms with Crippen LogP contribution in [0.3, 0.4) is 0 Å². The third-order valence-corrected chi connectivity index (χ3v) is 3.78. The first-order valence-electron chi connectivity index (χ1n) is 7.56. The minimum absolute atomic E-state index is 0.439. The Labute approximate surface area is 121 Å². The van der Waals surface area contributed by atoms with Gasteiger partial charge < -0.3 is 15.4 Å². The number of rotatable bonds is 7. The smallest absolute Gasteiger partial charge is 0.158 e. The van der Waals surface area contributed by atoms with E-state index in [4.69, 9.17) is 4.74 Å². The SMILES string of the molecule is CCNc1cc(NCC2CCC(C)C2)nc(COC)n1. The quantitative estimate of drug-likeness (QED) is 0.803. The van der Waals surface area contributed by atoms with Crippen LogP contribution < -0.4 is 10.6 Å². The predicted octanol–water partition coefficient (Wildman–Crippen LogP) is 2.90. The van der Waals surface area contributed by atoms with Gasteiger partial charge in [-0.15, -0.1) is 0 Å². The highest BCUT2D eigenvalue weighted by Crippen LogP contribution is 2.30. The summed E-state index contributed by atoms with van der Waals surface area (Å²) in [7, 11) is 1.66. The van der Waals surface area contributed by atoms with Crippen LogP contribution in [0.25, 0.3) is 0 Å². The van der Waals surface area contributed by atoms with Crippen LogP contribution in [-0.4, -0.2) is 30.2 Å². The zero-order chi connectivity index (χ0) is 14.4. The lowest BCUT2D eigenvalue weighted by Gasteiger charge is -2.13. The fourth-order valence-electron chi connectivity index (χ4n) is 2.81. The van der Waals surface area contributed by atoms with Crippen molar-refractivity contribution in [1.82, 2.24) is 9.97 Å². The van der Waals surface area contributed by atoms with Crippen LogP contribution >= 0.6 is 0 Å². The Bertz CT molecular complexity index is 400. The van der Waals surface area contributed by atoms with E-state index >= 15 is 0 Å². The Morgan fingerprint density at radius 1 is 1.25 bits per heavy atom. The van der Waals surface area contributed by atoms with Gasteiger partial charge >= 0.3 is 0 Å². The van der Waals surface area contributed by atoms with E-state index in [0.717, 1.165) is 36.6 Å². The number of aromatic nitrogens is 2. The molecule has 1 aliphatic carbocycles. The van der Waals surface area contributed by atoms with Crippen LogP contribution in [0, 0.1) is 11.8 Å². The first kappa shape index (κ1) is 15.0. The largest absolute Gasteiger partial charge is 0.377 e. The molecule has 0 amide bonds. The molecule has 5 heteroatoms. The molecular weight excluding hydrogens is 252 g/mol. The molecule has 0 bridgehead atoms. The maximum Gasteiger partial charge on any atom is 0.158 e. The molecule has 20 heavy (non-hydrogen) atoms. The molecule has 0 aromatic carbocycles. The lowest BCUT2D eigenvalue weighted by atomic mass is 10.1. The van der Waals surface area contributed by atoms with Crippen LogP contribution in [-0.2, 0) is 11.3 Å². The summed E-state index contributed by atoms with van der Waals surface area (Å²) in [4.78, 5) is 8.92. The molecule has 112 valence electrons. The summed E-state index contributed by atoms with van der Waals surface area (Å²) in [5, 5.41) is 6.69. The topological polar surface area (TPSA) is 59.1 Å². The molecular formula is C15H26N4O. The summed E-state index contributed by atoms with van der Waals surface area (Å²) in [6.45, 7) is 6.69. The van der Waals surface area contributed by atoms with Crippen LogP contribution in [0.4, 0.5) is 11.6 Å². The summed E-state index contributed by atoms with van der Waals surface area (Å²) < 4.78 is 5.13. The van der Waals surface area contributed by atoms with Gasteiger partial charge in [0, 0.05) is 26.3 Å². The van der Waals surface area contributed by atoms with Crippen molar-refractivity contribution in [3.8, 4) is 0 Å². The molecule has 0 radical (unpaired) electrons. The van der Waals surface area contributed by atoms with Gasteiger partial charge in [-0.05, 0) is 31.6 Å². The summed E-state index contributed by atoms with van der Waals surface area (Å²) in [6, 6.07) is 1.97. The maximum atomic E-state index is 5.13. The molecule has 0 saturated heterocycles. The lowest BCUT2D eigenvalue weighted by Crippen LogP contribution is -2.14. The Hall–Kier alpha value is -1.36. The van der Waals surface area contributed by atoms with Gasteiger partial charge in [0.05, 0.1) is 0 Å². The molecule has 0 aliphatic heterocycles. The second-order valence-corrected chi connectivity index (χ2v) is 5.68. The van der Waals surface area contributed by atoms with E-state index in [0.29, 0.717) is 12.4 Å². The minimum Gasteiger partial charge on any atom is -0.377 e. The molecule has 1 fully saturated rings. The molecule has 5 nitrogen and oxygen atoms in total. The molecule has 1 heterocycles. The number of nitrogens with zero attached hydrogens (tertiary/aromatic N) is 2. The second-order valence-electron chi connectivity index (χ2n) is 5.68. The number of ether oxygens (including phenoxy) is 1. The molecule has 0 spiro atoms. The van der Waals surface area contributed by atoms with E-state index in [9.17, 15) is 0 Å². The van der Waals surface area contributed by atoms with Crippen molar-refractivity contribution in [3.63, 3.8) is 0 Å². The van der Waals surface area contributed by atoms with Crippen molar-refractivity contribution < 1.29 is 4.74 Å². The zero-order valence-corrected chi connectivity index (χ0v) is 12.8. The fourth-order valence-corrected chi connectivity index (χ4v) is 2.81. The number of methoxy groups -OCH3 is 1. The fraction of sp³-hybridized carbons (Fsp3) is 0.733. The molecule has 1 aromatic heterocycles. The highest BCUT2D eigenvalue weighted by atomic mass is 16.5. The predicted molar refractivity (Wildman–Crippen MR) is 81.9 cm³/mol. The van der Waals surface area contributed by atoms with Gasteiger partial charge in [0.2, 0.25) is 0 Å². The van der Waals surface area contributed by atoms with Crippen molar-refractivity contribution in [2.75, 3.05) is 30.8 Å². The number of hydrogen-bond donors (Lipinski definition) is 2. The van der Waals surface area contributed by atoms with Crippen molar-refractivity contribution in [1.29, 1.82) is 0 Å². The van der Waals surface area contributed by atoms with Crippen LogP contribution in [0.15, 0.2) is 6.07 Å². The lowest BCUT2D eigenvalue weighted by molar-refractivity contribution is 0.178. The molecule has 2 atom stereocenters. The molecule has 1 aromatic rings. The third-order valence-electron chi connectivity index (χ3n) is 3.78. The summed E-state index contributed by atoms with van der Waals surface area (Å²) >= 11 is 0. The van der Waals surface area contributed by atoms with E-state index in [-0.39, 0.29) is 0 Å². The van der Waals surface area contributed by atoms with E-state index in [1.807, 2.05) is 6.07 Å². The maximum absolute atomic E-state index is 5.13. The molecule has 2 N–H and O–H groups in total. The van der Waals surface area contributed by atoms with Gasteiger partial charge in [0.25, 0.3) is 0 Å². The Morgan fingerprint density at radius 2 is 2.00 bits per heavy atom. The standard InChI is InChI=1S/C15H26N4O/c1-4-16-13-8-14(19-15(18-13)10-20-3)17-9-12-6-5-11(2)7-12/h8,11-12H,4-7,9-10H2,1-3H3,(H2,16,17,18,19). The average molecular weight is 278 g/mol. The number of hydrogen-bond acceptors (Lipinski definition) is 5. The number of anilines is 2. The summed E-state index contributed by atoms with van der Waals surface area (Å²) in [5.41, 5.74) is 0. The van der Waals surface area contributed by atoms with E-state index < -0.39 is 0 Å². The van der Waals surface area contributed by atoms with Crippen molar-refractivity contribution >= 4 is 11.6 Å². The van der Waals surface area contributed by atoms with Crippen molar-refractivity contribution in [2.45, 2.75) is 39.7 Å². The van der Waals surface area contributed by atoms with Gasteiger partial charge in [-0.1, -0.05) is 13.3 Å². The van der Waals surface area contributed by atoms with Gasteiger partial charge in [0.1, 0.15) is 18.2 Å². The summed E-state index contributed by atoms with van der Waals surface area (Å²) in [6.07, 6.45) is 4.00. The van der Waals surface area contributed by atoms with Crippen LogP contribution in [0.1, 0.15) is 38.9 Å². The zero-order valence-electron chi connectivity index (χ0n) is 12.8. The van der Waals surface area contributed by atoms with Crippen LogP contribution in [0.5, 0.6) is 0 Å². The van der Waals surface area contributed by atoms with Gasteiger partial charge in [-0.2, -0.15) is 0 Å². The summed E-state index contributed by atoms with van der Waals surface area (Å²) in [5.74, 6) is 4.11. The Morgan fingerprint density at radius 3 is 2.60 bits per heavy atom. The third kappa shape index (κ3) is 4.34. The van der Waals surface area contributed by atoms with Gasteiger partial charge in [-0.3, -0.25) is 0 Å². The number of nitrogens with one attached hydrogen (secondary N) is 2. The molecule has 2 rings (SSSR count). The van der Waals surface area contributed by atoms with Crippen LogP contribution in [0.2, 0.25) is 0 Å². The Kier molecular flexibility index (Phi) is 5.59. The van der Waals surface area contributed by atoms with E-state index in [1.165, 1.54) is 19.3 Å². The van der Waals surface area contributed by atoms with Crippen molar-refractivity contribution in [3.05, 3.63) is 11.9 Å². The molecule has 2 unspecified atom stereocenters. The first-order valence-corrected chi connectivity index (χ1v) is 7.56. The van der Waals surface area contributed by atoms with Gasteiger partial charge in [0.15, 0.2) is 5.82 Å². The van der Waals surface area contributed by atoms with E-state index in [1.54, 1.807) is 7.11 Å². The first-order chi connectivity index (χ1) is 9.71. The molecule has 1 saturated carbocycles. The van der Waals surface area contributed by atoms with E-state index in [2.05, 4.69) is 34.4 Å². The second kappa shape index (κ2) is 7.43. The van der Waals surface area contributed by atoms with Gasteiger partial charge in [-0.25, -0.2) is 9.97 Å². The minimum atomic E-state index is 0.439. The highest BCUT2D eigenvalue weighted by molar-refractivity contribution is 5.47. The monoisotopic (exact) mass is 278 g/mol. The molecule has 1 aliphatic rings. The normalized spacial score (nSPS) is 21.9. The van der Waals surface area contributed by atoms with Crippen molar-refractivity contribution in [2.24, 2.45) is 11.8 Å². The Balaban J connectivity index is 1.98. The highest BCUT2D eigenvalue weighted by Gasteiger charge is 2.21.